The van der Waals surface area contributed by atoms with E-state index in [9.17, 15) is 15.2 Å². The third-order valence-electron chi connectivity index (χ3n) is 6.35. The van der Waals surface area contributed by atoms with Crippen LogP contribution in [-0.4, -0.2) is 41.1 Å². The number of nitriles is 1. The molecule has 7 nitrogen and oxygen atoms in total. The van der Waals surface area contributed by atoms with Gasteiger partial charge in [0.15, 0.2) is 5.78 Å². The van der Waals surface area contributed by atoms with E-state index in [-0.39, 0.29) is 12.4 Å². The summed E-state index contributed by atoms with van der Waals surface area (Å²) in [6, 6.07) is 21.0. The number of ether oxygens (including phenoxy) is 1. The lowest BCUT2D eigenvalue weighted by atomic mass is 9.96. The van der Waals surface area contributed by atoms with Crippen molar-refractivity contribution in [1.29, 1.82) is 5.26 Å². The van der Waals surface area contributed by atoms with Gasteiger partial charge in [-0.25, -0.2) is 4.98 Å². The molecule has 4 aromatic rings. The summed E-state index contributed by atoms with van der Waals surface area (Å²) < 4.78 is 6.96. The summed E-state index contributed by atoms with van der Waals surface area (Å²) in [7, 11) is 1.90. The monoisotopic (exact) mass is 546 g/mol. The molecule has 198 valence electrons. The number of allylic oxidation sites excluding steroid dienone is 6. The highest BCUT2D eigenvalue weighted by Crippen LogP contribution is 2.35. The number of rotatable bonds is 8. The Morgan fingerprint density at radius 2 is 1.85 bits per heavy atom. The van der Waals surface area contributed by atoms with E-state index < -0.39 is 0 Å². The van der Waals surface area contributed by atoms with E-state index >= 15 is 0 Å². The minimum atomic E-state index is -0.192. The van der Waals surface area contributed by atoms with E-state index in [2.05, 4.69) is 11.1 Å². The average molecular weight is 547 g/mol. The molecule has 0 saturated heterocycles. The molecule has 3 heterocycles. The fourth-order valence-electron chi connectivity index (χ4n) is 4.32. The second kappa shape index (κ2) is 11.9. The number of fused-ring (bicyclic) bond motifs is 1. The minimum Gasteiger partial charge on any atom is -0.461 e. The Bertz CT molecular complexity index is 1690. The Hall–Kier alpha value is -4.84. The lowest BCUT2D eigenvalue weighted by Crippen LogP contribution is -2.20. The molecular weight excluding hydrogens is 520 g/mol. The van der Waals surface area contributed by atoms with Crippen LogP contribution in [-0.2, 0) is 4.74 Å². The van der Waals surface area contributed by atoms with Crippen molar-refractivity contribution in [1.82, 2.24) is 9.97 Å². The van der Waals surface area contributed by atoms with Gasteiger partial charge in [-0.2, -0.15) is 5.26 Å². The first kappa shape index (κ1) is 26.8. The summed E-state index contributed by atoms with van der Waals surface area (Å²) in [5, 5.41) is 19.9. The smallest absolute Gasteiger partial charge is 0.196 e. The van der Waals surface area contributed by atoms with E-state index in [1.165, 1.54) is 11.3 Å². The number of aliphatic hydroxyl groups is 1. The topological polar surface area (TPSA) is 99.3 Å². The summed E-state index contributed by atoms with van der Waals surface area (Å²) in [5.74, 6) is 0.707. The highest BCUT2D eigenvalue weighted by molar-refractivity contribution is 7.19. The Morgan fingerprint density at radius 1 is 1.10 bits per heavy atom. The van der Waals surface area contributed by atoms with Crippen LogP contribution in [0.3, 0.4) is 0 Å². The highest BCUT2D eigenvalue weighted by atomic mass is 32.1. The van der Waals surface area contributed by atoms with Crippen LogP contribution in [0.1, 0.15) is 27.9 Å². The van der Waals surface area contributed by atoms with Crippen molar-refractivity contribution in [2.45, 2.75) is 6.92 Å². The number of para-hydroxylation sites is 1. The van der Waals surface area contributed by atoms with Gasteiger partial charge in [-0.3, -0.25) is 9.78 Å². The molecule has 0 saturated carbocycles. The first-order valence-corrected chi connectivity index (χ1v) is 13.5. The summed E-state index contributed by atoms with van der Waals surface area (Å²) in [6.45, 7) is 2.38. The maximum absolute atomic E-state index is 13.9. The molecule has 0 aliphatic carbocycles. The van der Waals surface area contributed by atoms with Crippen molar-refractivity contribution in [2.24, 2.45) is 0 Å². The van der Waals surface area contributed by atoms with E-state index in [1.54, 1.807) is 49.7 Å². The van der Waals surface area contributed by atoms with Gasteiger partial charge in [0.2, 0.25) is 0 Å². The molecule has 0 fully saturated rings. The number of likely N-dealkylation sites (N-methyl/N-ethyl adjacent to an activating group) is 1. The number of carbonyl (C=O) groups is 1. The molecule has 0 bridgehead atoms. The van der Waals surface area contributed by atoms with E-state index in [0.717, 1.165) is 21.5 Å². The fraction of sp³-hybridized carbons (Fsp3) is 0.125. The SMILES string of the molecule is CC1=C/C(=C(/C(=O)c2ccncc2)c2nc3ccccc3s2)C=C(C(C#N)=Cc2ccc(N(C)CCO)cc2)O1. The van der Waals surface area contributed by atoms with Gasteiger partial charge >= 0.3 is 0 Å². The lowest BCUT2D eigenvalue weighted by molar-refractivity contribution is 0.105. The molecular formula is C32H26N4O3S. The molecule has 40 heavy (non-hydrogen) atoms. The lowest BCUT2D eigenvalue weighted by Gasteiger charge is -2.18. The third-order valence-corrected chi connectivity index (χ3v) is 7.40. The number of pyridine rings is 1. The predicted molar refractivity (Wildman–Crippen MR) is 158 cm³/mol. The number of ketones is 1. The number of hydrogen-bond donors (Lipinski definition) is 1. The highest BCUT2D eigenvalue weighted by Gasteiger charge is 2.24. The number of aromatic nitrogens is 2. The van der Waals surface area contributed by atoms with Gasteiger partial charge in [0.1, 0.15) is 22.6 Å². The largest absolute Gasteiger partial charge is 0.461 e. The molecule has 5 rings (SSSR count). The zero-order valence-electron chi connectivity index (χ0n) is 22.0. The van der Waals surface area contributed by atoms with Crippen molar-refractivity contribution < 1.29 is 14.6 Å². The zero-order valence-corrected chi connectivity index (χ0v) is 22.9. The van der Waals surface area contributed by atoms with Crippen molar-refractivity contribution in [3.05, 3.63) is 124 Å². The first-order chi connectivity index (χ1) is 19.5. The number of carbonyl (C=O) groups excluding carboxylic acids is 1. The second-order valence-electron chi connectivity index (χ2n) is 9.15. The van der Waals surface area contributed by atoms with Crippen LogP contribution in [0.4, 0.5) is 5.69 Å². The number of hydrogen-bond acceptors (Lipinski definition) is 8. The molecule has 0 unspecified atom stereocenters. The van der Waals surface area contributed by atoms with Crippen molar-refractivity contribution >= 4 is 44.7 Å². The Kier molecular flexibility index (Phi) is 7.97. The van der Waals surface area contributed by atoms with Crippen molar-refractivity contribution in [2.75, 3.05) is 25.1 Å². The van der Waals surface area contributed by atoms with E-state index in [4.69, 9.17) is 9.72 Å². The van der Waals surface area contributed by atoms with E-state index in [0.29, 0.717) is 45.4 Å². The quantitative estimate of drug-likeness (QED) is 0.160. The van der Waals surface area contributed by atoms with Gasteiger partial charge < -0.3 is 14.7 Å². The molecule has 1 aliphatic rings. The molecule has 8 heteroatoms. The molecule has 1 N–H and O–H groups in total. The Labute approximate surface area is 236 Å². The zero-order chi connectivity index (χ0) is 28.1. The number of aliphatic hydroxyl groups excluding tert-OH is 1. The molecule has 2 aromatic heterocycles. The van der Waals surface area contributed by atoms with Gasteiger partial charge in [-0.05, 0) is 72.7 Å². The average Bonchev–Trinajstić information content (AvgIpc) is 3.40. The van der Waals surface area contributed by atoms with Crippen molar-refractivity contribution in [3.63, 3.8) is 0 Å². The Morgan fingerprint density at radius 3 is 2.55 bits per heavy atom. The van der Waals surface area contributed by atoms with Gasteiger partial charge in [-0.1, -0.05) is 24.3 Å². The maximum Gasteiger partial charge on any atom is 0.196 e. The number of anilines is 1. The number of nitrogens with zero attached hydrogens (tertiary/aromatic N) is 4. The van der Waals surface area contributed by atoms with Gasteiger partial charge in [-0.15, -0.1) is 11.3 Å². The molecule has 0 spiro atoms. The van der Waals surface area contributed by atoms with Crippen LogP contribution < -0.4 is 4.90 Å². The van der Waals surface area contributed by atoms with Crippen molar-refractivity contribution in [3.8, 4) is 6.07 Å². The van der Waals surface area contributed by atoms with Gasteiger partial charge in [0.25, 0.3) is 0 Å². The fourth-order valence-corrected chi connectivity index (χ4v) is 5.35. The van der Waals surface area contributed by atoms with Crippen LogP contribution in [0.2, 0.25) is 0 Å². The number of thiazole rings is 1. The molecule has 0 amide bonds. The maximum atomic E-state index is 13.9. The van der Waals surface area contributed by atoms with E-state index in [1.807, 2.05) is 60.5 Å². The van der Waals surface area contributed by atoms with Gasteiger partial charge in [0.05, 0.1) is 28.0 Å². The number of benzene rings is 2. The van der Waals surface area contributed by atoms with Gasteiger partial charge in [0, 0.05) is 37.2 Å². The minimum absolute atomic E-state index is 0.0631. The van der Waals surface area contributed by atoms with Crippen LogP contribution in [0.25, 0.3) is 21.9 Å². The summed E-state index contributed by atoms with van der Waals surface area (Å²) in [5.41, 5.74) is 4.44. The normalized spacial score (nSPS) is 14.6. The summed E-state index contributed by atoms with van der Waals surface area (Å²) in [6.07, 6.45) is 8.45. The molecule has 2 aromatic carbocycles. The van der Waals surface area contributed by atoms with Crippen LogP contribution in [0, 0.1) is 11.3 Å². The number of Topliss-reactive ketones (excluding diaryl/α,β-unsaturated/α-hetero) is 1. The standard InChI is InChI=1S/C32H26N4O3S/c1-21-17-24(19-28(39-21)25(20-33)18-22-7-9-26(10-8-22)36(2)15-16-37)30(31(38)23-11-13-34-14-12-23)32-35-27-5-3-4-6-29(27)40-32/h3-14,17-19,37H,15-16H2,1-2H3/b25-18?,30-24+. The third kappa shape index (κ3) is 5.76. The first-order valence-electron chi connectivity index (χ1n) is 12.6. The van der Waals surface area contributed by atoms with Crippen LogP contribution in [0.15, 0.2) is 108 Å². The molecule has 0 atom stereocenters. The second-order valence-corrected chi connectivity index (χ2v) is 10.2. The molecule has 0 radical (unpaired) electrons. The molecule has 1 aliphatic heterocycles. The van der Waals surface area contributed by atoms with Crippen LogP contribution in [0.5, 0.6) is 0 Å². The summed E-state index contributed by atoms with van der Waals surface area (Å²) >= 11 is 1.44. The Balaban J connectivity index is 1.61. The predicted octanol–water partition coefficient (Wildman–Crippen LogP) is 6.18. The van der Waals surface area contributed by atoms with Crippen LogP contribution >= 0.6 is 11.3 Å². The summed E-state index contributed by atoms with van der Waals surface area (Å²) in [4.78, 5) is 24.7.